The molecular formula is C23H18FN7O. The number of halogens is 1. The SMILES string of the molecule is Cc1cc(-c2nc(/C=C\C=N)[nH]c2-c2ccnc(NC(=O)c3cnccn3)c2)ccc1F. The van der Waals surface area contributed by atoms with Crippen LogP contribution in [-0.4, -0.2) is 37.0 Å². The van der Waals surface area contributed by atoms with E-state index in [1.54, 1.807) is 49.5 Å². The number of aromatic nitrogens is 5. The molecule has 4 aromatic rings. The van der Waals surface area contributed by atoms with E-state index in [1.165, 1.54) is 24.7 Å². The van der Waals surface area contributed by atoms with Crippen molar-refractivity contribution in [1.82, 2.24) is 24.9 Å². The number of benzene rings is 1. The summed E-state index contributed by atoms with van der Waals surface area (Å²) in [6.45, 7) is 1.69. The number of rotatable bonds is 6. The number of pyridine rings is 1. The third-order valence-electron chi connectivity index (χ3n) is 4.59. The number of amides is 1. The van der Waals surface area contributed by atoms with E-state index in [1.807, 2.05) is 0 Å². The molecule has 1 amide bonds. The number of hydrogen-bond acceptors (Lipinski definition) is 6. The van der Waals surface area contributed by atoms with Gasteiger partial charge in [-0.1, -0.05) is 0 Å². The number of carbonyl (C=O) groups excluding carboxylic acids is 1. The van der Waals surface area contributed by atoms with Gasteiger partial charge in [-0.25, -0.2) is 19.3 Å². The molecule has 0 aliphatic heterocycles. The molecule has 3 N–H and O–H groups in total. The summed E-state index contributed by atoms with van der Waals surface area (Å²) in [7, 11) is 0. The van der Waals surface area contributed by atoms with Gasteiger partial charge >= 0.3 is 0 Å². The fourth-order valence-corrected chi connectivity index (χ4v) is 3.07. The lowest BCUT2D eigenvalue weighted by atomic mass is 10.0. The Morgan fingerprint density at radius 2 is 2.00 bits per heavy atom. The van der Waals surface area contributed by atoms with Crippen LogP contribution in [0, 0.1) is 18.2 Å². The average Bonchev–Trinajstić information content (AvgIpc) is 3.24. The number of H-pyrrole nitrogens is 1. The lowest BCUT2D eigenvalue weighted by molar-refractivity contribution is 0.102. The molecule has 9 heteroatoms. The summed E-state index contributed by atoms with van der Waals surface area (Å²) in [6.07, 6.45) is 10.2. The molecule has 3 aromatic heterocycles. The Balaban J connectivity index is 1.73. The molecule has 32 heavy (non-hydrogen) atoms. The summed E-state index contributed by atoms with van der Waals surface area (Å²) in [5.41, 5.74) is 3.38. The zero-order chi connectivity index (χ0) is 22.5. The van der Waals surface area contributed by atoms with Gasteiger partial charge in [-0.3, -0.25) is 9.78 Å². The summed E-state index contributed by atoms with van der Waals surface area (Å²) in [4.78, 5) is 32.3. The summed E-state index contributed by atoms with van der Waals surface area (Å²) in [5.74, 6) is 0.122. The topological polar surface area (TPSA) is 120 Å². The third-order valence-corrected chi connectivity index (χ3v) is 4.59. The first kappa shape index (κ1) is 20.7. The van der Waals surface area contributed by atoms with Crippen LogP contribution in [0.25, 0.3) is 28.6 Å². The summed E-state index contributed by atoms with van der Waals surface area (Å²) in [6, 6.07) is 8.25. The van der Waals surface area contributed by atoms with Gasteiger partial charge in [0.2, 0.25) is 0 Å². The second-order valence-corrected chi connectivity index (χ2v) is 6.81. The molecule has 158 valence electrons. The summed E-state index contributed by atoms with van der Waals surface area (Å²) < 4.78 is 13.8. The van der Waals surface area contributed by atoms with Crippen molar-refractivity contribution in [2.45, 2.75) is 6.92 Å². The van der Waals surface area contributed by atoms with E-state index in [-0.39, 0.29) is 11.5 Å². The highest BCUT2D eigenvalue weighted by molar-refractivity contribution is 6.02. The number of aryl methyl sites for hydroxylation is 1. The zero-order valence-electron chi connectivity index (χ0n) is 17.0. The van der Waals surface area contributed by atoms with Crippen molar-refractivity contribution in [3.05, 3.63) is 84.1 Å². The van der Waals surface area contributed by atoms with Crippen LogP contribution >= 0.6 is 0 Å². The van der Waals surface area contributed by atoms with Crippen LogP contribution in [0.3, 0.4) is 0 Å². The molecule has 0 aliphatic carbocycles. The molecule has 0 saturated carbocycles. The largest absolute Gasteiger partial charge is 0.338 e. The van der Waals surface area contributed by atoms with Gasteiger partial charge in [-0.2, -0.15) is 0 Å². The van der Waals surface area contributed by atoms with E-state index in [4.69, 9.17) is 5.41 Å². The number of carbonyl (C=O) groups is 1. The van der Waals surface area contributed by atoms with Crippen LogP contribution < -0.4 is 5.32 Å². The Labute approximate surface area is 182 Å². The fraction of sp³-hybridized carbons (Fsp3) is 0.0435. The lowest BCUT2D eigenvalue weighted by Gasteiger charge is -2.07. The first-order valence-corrected chi connectivity index (χ1v) is 9.62. The van der Waals surface area contributed by atoms with E-state index in [0.717, 1.165) is 11.8 Å². The van der Waals surface area contributed by atoms with Crippen LogP contribution in [0.4, 0.5) is 10.2 Å². The van der Waals surface area contributed by atoms with E-state index in [0.29, 0.717) is 34.2 Å². The Morgan fingerprint density at radius 1 is 1.12 bits per heavy atom. The Morgan fingerprint density at radius 3 is 2.75 bits per heavy atom. The van der Waals surface area contributed by atoms with Gasteiger partial charge in [0, 0.05) is 35.9 Å². The standard InChI is InChI=1S/C23H18FN7O/c1-14-11-15(4-5-17(14)24)21-22(30-19(29-21)3-2-7-25)16-6-8-28-20(12-16)31-23(32)18-13-26-9-10-27-18/h2-13,25H,1H3,(H,29,30)(H,28,31,32)/b3-2-,25-7?. The predicted octanol–water partition coefficient (Wildman–Crippen LogP) is 4.29. The molecular weight excluding hydrogens is 409 g/mol. The quantitative estimate of drug-likeness (QED) is 0.397. The van der Waals surface area contributed by atoms with E-state index in [9.17, 15) is 9.18 Å². The van der Waals surface area contributed by atoms with Crippen molar-refractivity contribution in [3.63, 3.8) is 0 Å². The monoisotopic (exact) mass is 427 g/mol. The zero-order valence-corrected chi connectivity index (χ0v) is 17.0. The Hall–Kier alpha value is -4.53. The third kappa shape index (κ3) is 4.46. The van der Waals surface area contributed by atoms with Crippen molar-refractivity contribution >= 4 is 24.0 Å². The molecule has 0 unspecified atom stereocenters. The smallest absolute Gasteiger partial charge is 0.277 e. The Bertz CT molecular complexity index is 1320. The number of aromatic amines is 1. The van der Waals surface area contributed by atoms with Gasteiger partial charge in [-0.15, -0.1) is 0 Å². The van der Waals surface area contributed by atoms with Crippen LogP contribution in [0.15, 0.2) is 61.2 Å². The second-order valence-electron chi connectivity index (χ2n) is 6.81. The van der Waals surface area contributed by atoms with Crippen LogP contribution in [0.5, 0.6) is 0 Å². The molecule has 0 saturated heterocycles. The number of nitrogens with zero attached hydrogens (tertiary/aromatic N) is 4. The Kier molecular flexibility index (Phi) is 5.89. The molecule has 0 atom stereocenters. The first-order chi connectivity index (χ1) is 15.5. The van der Waals surface area contributed by atoms with Crippen LogP contribution in [0.2, 0.25) is 0 Å². The highest BCUT2D eigenvalue weighted by Crippen LogP contribution is 2.32. The van der Waals surface area contributed by atoms with E-state index < -0.39 is 5.91 Å². The maximum atomic E-state index is 13.8. The van der Waals surface area contributed by atoms with Gasteiger partial charge in [-0.05, 0) is 55.0 Å². The minimum absolute atomic E-state index is 0.169. The maximum absolute atomic E-state index is 13.8. The second kappa shape index (κ2) is 9.09. The van der Waals surface area contributed by atoms with Crippen molar-refractivity contribution in [3.8, 4) is 22.5 Å². The molecule has 4 rings (SSSR count). The van der Waals surface area contributed by atoms with Crippen LogP contribution in [-0.2, 0) is 0 Å². The van der Waals surface area contributed by atoms with Crippen molar-refractivity contribution in [2.75, 3.05) is 5.32 Å². The molecule has 3 heterocycles. The van der Waals surface area contributed by atoms with Gasteiger partial charge < -0.3 is 15.7 Å². The van der Waals surface area contributed by atoms with Gasteiger partial charge in [0.1, 0.15) is 23.2 Å². The van der Waals surface area contributed by atoms with Crippen molar-refractivity contribution < 1.29 is 9.18 Å². The first-order valence-electron chi connectivity index (χ1n) is 9.62. The minimum Gasteiger partial charge on any atom is -0.338 e. The summed E-state index contributed by atoms with van der Waals surface area (Å²) in [5, 5.41) is 9.91. The number of hydrogen-bond donors (Lipinski definition) is 3. The van der Waals surface area contributed by atoms with Gasteiger partial charge in [0.05, 0.1) is 17.6 Å². The molecule has 1 aromatic carbocycles. The fourth-order valence-electron chi connectivity index (χ4n) is 3.07. The van der Waals surface area contributed by atoms with Gasteiger partial charge in [0.15, 0.2) is 0 Å². The van der Waals surface area contributed by atoms with E-state index in [2.05, 4.69) is 30.2 Å². The number of anilines is 1. The minimum atomic E-state index is -0.434. The van der Waals surface area contributed by atoms with Gasteiger partial charge in [0.25, 0.3) is 5.91 Å². The summed E-state index contributed by atoms with van der Waals surface area (Å²) >= 11 is 0. The predicted molar refractivity (Wildman–Crippen MR) is 120 cm³/mol. The average molecular weight is 427 g/mol. The molecule has 0 radical (unpaired) electrons. The van der Waals surface area contributed by atoms with Crippen molar-refractivity contribution in [2.24, 2.45) is 0 Å². The molecule has 0 fully saturated rings. The normalized spacial score (nSPS) is 10.9. The van der Waals surface area contributed by atoms with E-state index >= 15 is 0 Å². The molecule has 0 aliphatic rings. The molecule has 8 nitrogen and oxygen atoms in total. The molecule has 0 spiro atoms. The molecule has 0 bridgehead atoms. The lowest BCUT2D eigenvalue weighted by Crippen LogP contribution is -2.14. The number of allylic oxidation sites excluding steroid dienone is 1. The highest BCUT2D eigenvalue weighted by atomic mass is 19.1. The maximum Gasteiger partial charge on any atom is 0.277 e. The van der Waals surface area contributed by atoms with Crippen LogP contribution in [0.1, 0.15) is 21.9 Å². The number of nitrogens with one attached hydrogen (secondary N) is 3. The highest BCUT2D eigenvalue weighted by Gasteiger charge is 2.16. The van der Waals surface area contributed by atoms with Crippen molar-refractivity contribution in [1.29, 1.82) is 5.41 Å². The number of imidazole rings is 1.